The number of rotatable bonds is 4. The third-order valence-electron chi connectivity index (χ3n) is 2.94. The molecule has 0 bridgehead atoms. The van der Waals surface area contributed by atoms with Gasteiger partial charge in [0.2, 0.25) is 0 Å². The van der Waals surface area contributed by atoms with E-state index in [-0.39, 0.29) is 6.04 Å². The Morgan fingerprint density at radius 3 is 2.50 bits per heavy atom. The van der Waals surface area contributed by atoms with Gasteiger partial charge in [-0.1, -0.05) is 45.2 Å². The van der Waals surface area contributed by atoms with Crippen molar-refractivity contribution < 1.29 is 4.74 Å². The maximum Gasteiger partial charge on any atom is 0.137 e. The van der Waals surface area contributed by atoms with Gasteiger partial charge < -0.3 is 4.74 Å². The van der Waals surface area contributed by atoms with Crippen LogP contribution in [0.1, 0.15) is 17.2 Å². The van der Waals surface area contributed by atoms with E-state index in [2.05, 4.69) is 21.4 Å². The van der Waals surface area contributed by atoms with E-state index in [4.69, 9.17) is 33.8 Å². The molecule has 2 aromatic carbocycles. The van der Waals surface area contributed by atoms with Crippen LogP contribution in [0.5, 0.6) is 5.75 Å². The minimum Gasteiger partial charge on any atom is -0.495 e. The van der Waals surface area contributed by atoms with E-state index < -0.39 is 0 Å². The molecule has 0 aliphatic rings. The molecule has 6 heteroatoms. The molecule has 106 valence electrons. The van der Waals surface area contributed by atoms with Crippen LogP contribution in [0.25, 0.3) is 0 Å². The monoisotopic (exact) mass is 374 g/mol. The quantitative estimate of drug-likeness (QED) is 0.618. The number of ether oxygens (including phenoxy) is 1. The lowest BCUT2D eigenvalue weighted by Gasteiger charge is -2.19. The third kappa shape index (κ3) is 3.27. The Bertz CT molecular complexity index is 622. The Balaban J connectivity index is 2.49. The van der Waals surface area contributed by atoms with Crippen molar-refractivity contribution >= 4 is 39.1 Å². The molecule has 0 spiro atoms. The second kappa shape index (κ2) is 6.78. The van der Waals surface area contributed by atoms with E-state index in [1.165, 1.54) is 0 Å². The van der Waals surface area contributed by atoms with Gasteiger partial charge in [0, 0.05) is 9.50 Å². The molecule has 0 heterocycles. The molecule has 0 aliphatic heterocycles. The largest absolute Gasteiger partial charge is 0.495 e. The van der Waals surface area contributed by atoms with Gasteiger partial charge in [0.25, 0.3) is 0 Å². The number of benzene rings is 2. The fourth-order valence-corrected chi connectivity index (χ4v) is 2.76. The van der Waals surface area contributed by atoms with E-state index in [1.807, 2.05) is 30.3 Å². The van der Waals surface area contributed by atoms with Gasteiger partial charge in [0.1, 0.15) is 5.75 Å². The van der Waals surface area contributed by atoms with Crippen LogP contribution in [0.2, 0.25) is 10.0 Å². The van der Waals surface area contributed by atoms with Crippen molar-refractivity contribution in [2.75, 3.05) is 7.11 Å². The molecular weight excluding hydrogens is 363 g/mol. The average molecular weight is 376 g/mol. The van der Waals surface area contributed by atoms with Gasteiger partial charge in [-0.2, -0.15) is 0 Å². The van der Waals surface area contributed by atoms with Crippen LogP contribution in [-0.4, -0.2) is 7.11 Å². The Kier molecular flexibility index (Phi) is 5.29. The van der Waals surface area contributed by atoms with E-state index in [0.717, 1.165) is 15.6 Å². The van der Waals surface area contributed by atoms with Gasteiger partial charge in [-0.05, 0) is 41.5 Å². The highest BCUT2D eigenvalue weighted by Gasteiger charge is 2.17. The van der Waals surface area contributed by atoms with Crippen LogP contribution in [0, 0.1) is 0 Å². The Hall–Kier alpha value is -0.780. The second-order valence-electron chi connectivity index (χ2n) is 4.16. The minimum absolute atomic E-state index is 0.258. The lowest BCUT2D eigenvalue weighted by atomic mass is 9.99. The minimum atomic E-state index is -0.258. The summed E-state index contributed by atoms with van der Waals surface area (Å²) in [6.07, 6.45) is 0. The van der Waals surface area contributed by atoms with Gasteiger partial charge in [-0.3, -0.25) is 5.84 Å². The first-order chi connectivity index (χ1) is 9.56. The lowest BCUT2D eigenvalue weighted by molar-refractivity contribution is 0.414. The molecule has 2 aromatic rings. The van der Waals surface area contributed by atoms with Crippen molar-refractivity contribution in [3.8, 4) is 5.75 Å². The summed E-state index contributed by atoms with van der Waals surface area (Å²) in [6, 6.07) is 10.8. The van der Waals surface area contributed by atoms with E-state index in [9.17, 15) is 0 Å². The van der Waals surface area contributed by atoms with Crippen LogP contribution in [0.3, 0.4) is 0 Å². The molecule has 2 rings (SSSR count). The Morgan fingerprint density at radius 2 is 1.85 bits per heavy atom. The zero-order chi connectivity index (χ0) is 14.7. The standard InChI is InChI=1S/C14H13BrCl2N2O/c1-20-13-6-8(2-4-12(13)17)14(19-18)10-7-9(15)3-5-11(10)16/h2-7,14,19H,18H2,1H3. The summed E-state index contributed by atoms with van der Waals surface area (Å²) in [5.41, 5.74) is 4.55. The molecule has 0 aromatic heterocycles. The molecule has 1 unspecified atom stereocenters. The first-order valence-corrected chi connectivity index (χ1v) is 7.36. The molecule has 0 saturated carbocycles. The summed E-state index contributed by atoms with van der Waals surface area (Å²) in [5, 5.41) is 1.18. The van der Waals surface area contributed by atoms with Crippen LogP contribution >= 0.6 is 39.1 Å². The molecule has 1 atom stereocenters. The molecule has 20 heavy (non-hydrogen) atoms. The summed E-state index contributed by atoms with van der Waals surface area (Å²) < 4.78 is 6.16. The number of methoxy groups -OCH3 is 1. The highest BCUT2D eigenvalue weighted by Crippen LogP contribution is 2.34. The summed E-state index contributed by atoms with van der Waals surface area (Å²) in [7, 11) is 1.57. The topological polar surface area (TPSA) is 47.3 Å². The molecular formula is C14H13BrCl2N2O. The van der Waals surface area contributed by atoms with Gasteiger partial charge >= 0.3 is 0 Å². The van der Waals surface area contributed by atoms with Crippen molar-refractivity contribution in [1.29, 1.82) is 0 Å². The molecule has 0 saturated heterocycles. The van der Waals surface area contributed by atoms with Crippen molar-refractivity contribution in [3.05, 3.63) is 62.0 Å². The summed E-state index contributed by atoms with van der Waals surface area (Å²) in [4.78, 5) is 0. The van der Waals surface area contributed by atoms with Gasteiger partial charge in [0.05, 0.1) is 18.2 Å². The van der Waals surface area contributed by atoms with Gasteiger partial charge in [0.15, 0.2) is 0 Å². The smallest absolute Gasteiger partial charge is 0.137 e. The second-order valence-corrected chi connectivity index (χ2v) is 5.89. The molecule has 3 nitrogen and oxygen atoms in total. The normalized spacial score (nSPS) is 12.2. The SMILES string of the molecule is COc1cc(C(NN)c2cc(Br)ccc2Cl)ccc1Cl. The number of nitrogens with one attached hydrogen (secondary N) is 1. The van der Waals surface area contributed by atoms with Crippen molar-refractivity contribution in [1.82, 2.24) is 5.43 Å². The Morgan fingerprint density at radius 1 is 1.15 bits per heavy atom. The van der Waals surface area contributed by atoms with E-state index in [0.29, 0.717) is 15.8 Å². The van der Waals surface area contributed by atoms with Crippen LogP contribution in [-0.2, 0) is 0 Å². The number of hydrogen-bond donors (Lipinski definition) is 2. The third-order valence-corrected chi connectivity index (χ3v) is 4.09. The van der Waals surface area contributed by atoms with Crippen molar-refractivity contribution in [2.24, 2.45) is 5.84 Å². The van der Waals surface area contributed by atoms with Crippen LogP contribution < -0.4 is 16.0 Å². The van der Waals surface area contributed by atoms with Gasteiger partial charge in [-0.15, -0.1) is 0 Å². The number of hydrogen-bond acceptors (Lipinski definition) is 3. The number of hydrazine groups is 1. The zero-order valence-corrected chi connectivity index (χ0v) is 13.8. The van der Waals surface area contributed by atoms with Gasteiger partial charge in [-0.25, -0.2) is 5.43 Å². The molecule has 0 amide bonds. The summed E-state index contributed by atoms with van der Waals surface area (Å²) in [6.45, 7) is 0. The predicted octanol–water partition coefficient (Wildman–Crippen LogP) is 4.32. The first kappa shape index (κ1) is 15.6. The van der Waals surface area contributed by atoms with Crippen molar-refractivity contribution in [3.63, 3.8) is 0 Å². The maximum absolute atomic E-state index is 6.25. The number of halogens is 3. The highest BCUT2D eigenvalue weighted by atomic mass is 79.9. The van der Waals surface area contributed by atoms with Crippen molar-refractivity contribution in [2.45, 2.75) is 6.04 Å². The van der Waals surface area contributed by atoms with E-state index in [1.54, 1.807) is 13.2 Å². The lowest BCUT2D eigenvalue weighted by Crippen LogP contribution is -2.29. The Labute approximate surface area is 136 Å². The summed E-state index contributed by atoms with van der Waals surface area (Å²) >= 11 is 15.7. The summed E-state index contributed by atoms with van der Waals surface area (Å²) in [5.74, 6) is 6.28. The highest BCUT2D eigenvalue weighted by molar-refractivity contribution is 9.10. The zero-order valence-electron chi connectivity index (χ0n) is 10.7. The fraction of sp³-hybridized carbons (Fsp3) is 0.143. The average Bonchev–Trinajstić information content (AvgIpc) is 2.45. The first-order valence-electron chi connectivity index (χ1n) is 5.81. The van der Waals surface area contributed by atoms with Crippen LogP contribution in [0.15, 0.2) is 40.9 Å². The maximum atomic E-state index is 6.25. The molecule has 0 radical (unpaired) electrons. The fourth-order valence-electron chi connectivity index (χ4n) is 1.96. The van der Waals surface area contributed by atoms with Crippen LogP contribution in [0.4, 0.5) is 0 Å². The molecule has 3 N–H and O–H groups in total. The predicted molar refractivity (Wildman–Crippen MR) is 86.3 cm³/mol. The van der Waals surface area contributed by atoms with E-state index >= 15 is 0 Å². The molecule has 0 fully saturated rings. The number of nitrogens with two attached hydrogens (primary N) is 1. The molecule has 0 aliphatic carbocycles.